The van der Waals surface area contributed by atoms with E-state index >= 15 is 0 Å². The molecule has 0 bridgehead atoms. The smallest absolute Gasteiger partial charge is 0.327 e. The molecule has 248 valence electrons. The zero-order valence-electron chi connectivity index (χ0n) is 26.5. The van der Waals surface area contributed by atoms with E-state index in [0.29, 0.717) is 73.9 Å². The van der Waals surface area contributed by atoms with Crippen LogP contribution >= 0.6 is 0 Å². The van der Waals surface area contributed by atoms with Crippen molar-refractivity contribution in [1.29, 1.82) is 0 Å². The normalized spacial score (nSPS) is 16.1. The number of hydrogen-bond acceptors (Lipinski definition) is 13. The lowest BCUT2D eigenvalue weighted by atomic mass is 9.76. The molecule has 1 saturated heterocycles. The number of ketones is 2. The molecular weight excluding hydrogens is 596 g/mol. The molecule has 15 nitrogen and oxygen atoms in total. The summed E-state index contributed by atoms with van der Waals surface area (Å²) in [7, 11) is 0. The largest absolute Gasteiger partial charge is 0.491 e. The number of allylic oxidation sites excluding steroid dienone is 1. The van der Waals surface area contributed by atoms with Gasteiger partial charge in [-0.15, -0.1) is 0 Å². The first-order valence-electron chi connectivity index (χ1n) is 15.6. The molecule has 1 aliphatic carbocycles. The molecule has 0 unspecified atom stereocenters. The lowest BCUT2D eigenvalue weighted by molar-refractivity contribution is -0.191. The number of hydroxylamine groups is 3. The summed E-state index contributed by atoms with van der Waals surface area (Å²) in [6, 6.07) is 5.10. The van der Waals surface area contributed by atoms with E-state index in [-0.39, 0.29) is 54.4 Å². The minimum absolute atomic E-state index is 0.138. The molecule has 3 aromatic rings. The lowest BCUT2D eigenvalue weighted by Gasteiger charge is -2.36. The fourth-order valence-corrected chi connectivity index (χ4v) is 5.48. The van der Waals surface area contributed by atoms with Crippen LogP contribution in [-0.2, 0) is 11.4 Å². The number of Topliss-reactive ketones (excluding diaryl/α,β-unsaturated/α-hetero) is 1. The van der Waals surface area contributed by atoms with Crippen LogP contribution in [0.1, 0.15) is 54.3 Å². The van der Waals surface area contributed by atoms with Crippen molar-refractivity contribution in [3.05, 3.63) is 51.5 Å². The number of nitrogens with zero attached hydrogens (tertiary/aromatic N) is 5. The molecule has 0 amide bonds. The van der Waals surface area contributed by atoms with Crippen LogP contribution in [0.25, 0.3) is 11.2 Å². The van der Waals surface area contributed by atoms with Gasteiger partial charge in [0, 0.05) is 55.8 Å². The molecule has 1 aliphatic heterocycles. The van der Waals surface area contributed by atoms with Crippen molar-refractivity contribution in [3.63, 3.8) is 0 Å². The number of nitrogens with one attached hydrogen (secondary N) is 2. The highest BCUT2D eigenvalue weighted by Crippen LogP contribution is 2.37. The minimum Gasteiger partial charge on any atom is -0.491 e. The number of aromatic amines is 1. The molecule has 0 spiro atoms. The van der Waals surface area contributed by atoms with Gasteiger partial charge in [0.2, 0.25) is 0 Å². The van der Waals surface area contributed by atoms with Crippen molar-refractivity contribution in [2.45, 2.75) is 40.2 Å². The Hall–Kier alpha value is -4.15. The molecular formula is C31H42N8O7. The van der Waals surface area contributed by atoms with Crippen LogP contribution in [0.3, 0.4) is 0 Å². The number of nitrogen functional groups attached to an aromatic ring is 1. The molecule has 1 fully saturated rings. The summed E-state index contributed by atoms with van der Waals surface area (Å²) in [5, 5.41) is 10.7. The van der Waals surface area contributed by atoms with Crippen molar-refractivity contribution >= 4 is 28.5 Å². The van der Waals surface area contributed by atoms with E-state index in [4.69, 9.17) is 25.3 Å². The number of H-pyrrole nitrogens is 1. The van der Waals surface area contributed by atoms with E-state index in [1.54, 1.807) is 22.8 Å². The van der Waals surface area contributed by atoms with Crippen LogP contribution in [0.15, 0.2) is 34.6 Å². The third-order valence-corrected chi connectivity index (χ3v) is 8.18. The molecule has 0 atom stereocenters. The van der Waals surface area contributed by atoms with Gasteiger partial charge in [0.15, 0.2) is 23.0 Å². The van der Waals surface area contributed by atoms with E-state index < -0.39 is 5.41 Å². The first-order chi connectivity index (χ1) is 22.1. The second kappa shape index (κ2) is 14.5. The average molecular weight is 639 g/mol. The van der Waals surface area contributed by atoms with Gasteiger partial charge in [-0.05, 0) is 18.6 Å². The predicted molar refractivity (Wildman–Crippen MR) is 169 cm³/mol. The van der Waals surface area contributed by atoms with Crippen LogP contribution in [0, 0.1) is 5.41 Å². The first-order valence-corrected chi connectivity index (χ1v) is 15.6. The van der Waals surface area contributed by atoms with Gasteiger partial charge < -0.3 is 25.4 Å². The van der Waals surface area contributed by atoms with E-state index in [1.807, 2.05) is 24.4 Å². The second-order valence-corrected chi connectivity index (χ2v) is 12.0. The quantitative estimate of drug-likeness (QED) is 0.139. The highest BCUT2D eigenvalue weighted by atomic mass is 16.7. The van der Waals surface area contributed by atoms with E-state index in [9.17, 15) is 14.4 Å². The van der Waals surface area contributed by atoms with Crippen LogP contribution in [0.4, 0.5) is 5.82 Å². The van der Waals surface area contributed by atoms with E-state index in [2.05, 4.69) is 26.8 Å². The zero-order valence-corrected chi connectivity index (χ0v) is 26.5. The Morgan fingerprint density at radius 1 is 1.07 bits per heavy atom. The maximum Gasteiger partial charge on any atom is 0.327 e. The summed E-state index contributed by atoms with van der Waals surface area (Å²) >= 11 is 0. The predicted octanol–water partition coefficient (Wildman–Crippen LogP) is 1.82. The van der Waals surface area contributed by atoms with Crippen LogP contribution in [0.5, 0.6) is 11.8 Å². The molecule has 0 saturated carbocycles. The Balaban J connectivity index is 1.15. The molecule has 46 heavy (non-hydrogen) atoms. The standard InChI is InChI=1S/C31H42N8O7/c1-4-5-16-45-29-35-27(32)25-28(36-29)39(30(42)34-25)15-12-37-10-13-38(14-11-37)46-19-31(2,3)21-18-22(40)24-20(26(21)41)7-6-8-23(24)44-17-9-33-43/h6-8,18,33,43H,4-5,9-17,19H2,1-3H3,(H,34,42)(H2,32,35,36). The summed E-state index contributed by atoms with van der Waals surface area (Å²) in [6.45, 7) is 10.5. The highest BCUT2D eigenvalue weighted by molar-refractivity contribution is 6.26. The first kappa shape index (κ1) is 33.2. The molecule has 5 N–H and O–H groups in total. The third-order valence-electron chi connectivity index (χ3n) is 8.18. The fraction of sp³-hybridized carbons (Fsp3) is 0.516. The van der Waals surface area contributed by atoms with Crippen molar-refractivity contribution in [3.8, 4) is 11.8 Å². The number of fused-ring (bicyclic) bond motifs is 2. The number of anilines is 1. The summed E-state index contributed by atoms with van der Waals surface area (Å²) < 4.78 is 12.8. The van der Waals surface area contributed by atoms with Gasteiger partial charge in [-0.3, -0.25) is 23.9 Å². The number of unbranched alkanes of at least 4 members (excludes halogenated alkanes) is 1. The highest BCUT2D eigenvalue weighted by Gasteiger charge is 2.37. The Morgan fingerprint density at radius 2 is 1.85 bits per heavy atom. The molecule has 15 heteroatoms. The van der Waals surface area contributed by atoms with Gasteiger partial charge in [-0.1, -0.05) is 39.3 Å². The number of aromatic nitrogens is 4. The Morgan fingerprint density at radius 3 is 2.59 bits per heavy atom. The number of ether oxygens (including phenoxy) is 2. The maximum atomic E-state index is 13.5. The van der Waals surface area contributed by atoms with Gasteiger partial charge in [0.25, 0.3) is 0 Å². The molecule has 1 aromatic carbocycles. The SMILES string of the molecule is CCCCOc1nc(N)c2[nH]c(=O)n(CCN3CCN(OCC(C)(C)C4=CC(=O)c5c(OCCNO)cccc5C4=O)CC3)c2n1. The summed E-state index contributed by atoms with van der Waals surface area (Å²) in [6.07, 6.45) is 3.22. The number of piperazine rings is 1. The zero-order chi connectivity index (χ0) is 32.8. The second-order valence-electron chi connectivity index (χ2n) is 12.0. The summed E-state index contributed by atoms with van der Waals surface area (Å²) in [4.78, 5) is 59.1. The number of benzene rings is 1. The lowest BCUT2D eigenvalue weighted by Crippen LogP contribution is -2.48. The molecule has 5 rings (SSSR count). The van der Waals surface area contributed by atoms with E-state index in [1.165, 1.54) is 6.08 Å². The van der Waals surface area contributed by atoms with Crippen LogP contribution in [0.2, 0.25) is 0 Å². The Bertz CT molecular complexity index is 1660. The number of carbonyl (C=O) groups is 2. The topological polar surface area (TPSA) is 190 Å². The Labute approximate surface area is 266 Å². The van der Waals surface area contributed by atoms with Crippen molar-refractivity contribution in [1.82, 2.24) is 35.0 Å². The van der Waals surface area contributed by atoms with Gasteiger partial charge >= 0.3 is 11.7 Å². The summed E-state index contributed by atoms with van der Waals surface area (Å²) in [5.74, 6) is -0.0620. The van der Waals surface area contributed by atoms with Gasteiger partial charge in [0.05, 0.1) is 25.3 Å². The fourth-order valence-electron chi connectivity index (χ4n) is 5.48. The van der Waals surface area contributed by atoms with Gasteiger partial charge in [0.1, 0.15) is 17.9 Å². The van der Waals surface area contributed by atoms with Crippen LogP contribution < -0.4 is 26.4 Å². The average Bonchev–Trinajstić information content (AvgIpc) is 3.36. The van der Waals surface area contributed by atoms with Crippen molar-refractivity contribution in [2.75, 3.05) is 64.8 Å². The summed E-state index contributed by atoms with van der Waals surface area (Å²) in [5.41, 5.74) is 8.75. The van der Waals surface area contributed by atoms with Gasteiger partial charge in [-0.2, -0.15) is 15.0 Å². The van der Waals surface area contributed by atoms with Crippen molar-refractivity contribution < 1.29 is 29.1 Å². The van der Waals surface area contributed by atoms with Gasteiger partial charge in [-0.25, -0.2) is 10.3 Å². The monoisotopic (exact) mass is 638 g/mol. The minimum atomic E-state index is -0.738. The Kier molecular flexibility index (Phi) is 10.5. The molecule has 3 heterocycles. The molecule has 2 aliphatic rings. The maximum absolute atomic E-state index is 13.5. The molecule has 0 radical (unpaired) electrons. The van der Waals surface area contributed by atoms with E-state index in [0.717, 1.165) is 12.8 Å². The molecule has 2 aromatic heterocycles. The number of imidazole rings is 1. The number of carbonyl (C=O) groups excluding carboxylic acids is 2. The van der Waals surface area contributed by atoms with Crippen molar-refractivity contribution in [2.24, 2.45) is 5.41 Å². The number of nitrogens with two attached hydrogens (primary N) is 1. The van der Waals surface area contributed by atoms with Crippen LogP contribution in [-0.4, -0.2) is 105 Å². The third kappa shape index (κ3) is 7.29. The number of rotatable bonds is 15. The number of hydrogen-bond donors (Lipinski definition) is 4.